The molecule has 0 aliphatic rings. The fraction of sp³-hybridized carbons (Fsp3) is 0.750. The molecule has 0 aliphatic heterocycles. The maximum absolute atomic E-state index is 10.6. The van der Waals surface area contributed by atoms with Gasteiger partial charge in [-0.1, -0.05) is 23.2 Å². The molecular weight excluding hydrogens is 468 g/mol. The number of carbonyl (C=O) groups is 2. The second kappa shape index (κ2) is 28.1. The third-order valence-corrected chi connectivity index (χ3v) is 4.26. The zero-order chi connectivity index (χ0) is 27.3. The normalized spacial score (nSPS) is 9.42. The Morgan fingerprint density at radius 1 is 1.03 bits per heavy atom. The Morgan fingerprint density at radius 2 is 1.64 bits per heavy atom. The standard InChI is InChI=1S/C12H21N3O3.C7H12O.C5H9N3O2/c1-11(17)18-9-5-7-15-10-12(13-14-15)6-3-2-4-8-16;1-2-3-4-5-6-7-8;1-5(9)10-4-2-3-7-8-6/h10,16H,2-9H2,1H3;1,8H,3-7H2;2-4H2,1H3. The monoisotopic (exact) mass is 510 g/mol. The van der Waals surface area contributed by atoms with Crippen LogP contribution >= 0.6 is 0 Å². The van der Waals surface area contributed by atoms with Gasteiger partial charge >= 0.3 is 11.9 Å². The molecule has 0 amide bonds. The average Bonchev–Trinajstić information content (AvgIpc) is 3.30. The lowest BCUT2D eigenvalue weighted by Gasteiger charge is -2.01. The van der Waals surface area contributed by atoms with Crippen LogP contribution in [0.25, 0.3) is 10.4 Å². The minimum atomic E-state index is -0.305. The summed E-state index contributed by atoms with van der Waals surface area (Å²) < 4.78 is 11.2. The molecule has 36 heavy (non-hydrogen) atoms. The van der Waals surface area contributed by atoms with E-state index in [0.29, 0.717) is 39.3 Å². The highest BCUT2D eigenvalue weighted by molar-refractivity contribution is 5.66. The molecule has 1 heterocycles. The number of hydrogen-bond donors (Lipinski definition) is 2. The van der Waals surface area contributed by atoms with Gasteiger partial charge in [0.25, 0.3) is 0 Å². The van der Waals surface area contributed by atoms with E-state index in [9.17, 15) is 9.59 Å². The summed E-state index contributed by atoms with van der Waals surface area (Å²) in [4.78, 5) is 23.2. The van der Waals surface area contributed by atoms with Gasteiger partial charge in [0, 0.05) is 64.1 Å². The van der Waals surface area contributed by atoms with Gasteiger partial charge in [0.15, 0.2) is 0 Å². The van der Waals surface area contributed by atoms with Crippen LogP contribution in [-0.2, 0) is 32.0 Å². The van der Waals surface area contributed by atoms with E-state index in [1.54, 1.807) is 4.68 Å². The van der Waals surface area contributed by atoms with Crippen LogP contribution in [0.2, 0.25) is 0 Å². The predicted molar refractivity (Wildman–Crippen MR) is 136 cm³/mol. The molecule has 0 fully saturated rings. The molecule has 0 spiro atoms. The Kier molecular flexibility index (Phi) is 27.4. The Bertz CT molecular complexity index is 755. The molecule has 12 heteroatoms. The second-order valence-electron chi connectivity index (χ2n) is 7.59. The SMILES string of the molecule is C#CCCCCCO.CC(=O)OCCCN=[N+]=[N-].CC(=O)OCCCn1cc(CCCCCO)nn1. The topological polar surface area (TPSA) is 173 Å². The van der Waals surface area contributed by atoms with E-state index in [4.69, 9.17) is 26.9 Å². The van der Waals surface area contributed by atoms with Gasteiger partial charge in [0.05, 0.1) is 18.9 Å². The Morgan fingerprint density at radius 3 is 2.19 bits per heavy atom. The molecule has 0 saturated carbocycles. The first-order valence-electron chi connectivity index (χ1n) is 12.2. The summed E-state index contributed by atoms with van der Waals surface area (Å²) in [7, 11) is 0. The van der Waals surface area contributed by atoms with E-state index in [-0.39, 0.29) is 18.5 Å². The lowest BCUT2D eigenvalue weighted by molar-refractivity contribution is -0.142. The van der Waals surface area contributed by atoms with Crippen molar-refractivity contribution in [3.63, 3.8) is 0 Å². The third-order valence-electron chi connectivity index (χ3n) is 4.26. The molecule has 0 bridgehead atoms. The summed E-state index contributed by atoms with van der Waals surface area (Å²) in [5.41, 5.74) is 8.80. The number of terminal acetylenes is 1. The molecule has 0 aromatic carbocycles. The number of azide groups is 1. The van der Waals surface area contributed by atoms with Gasteiger partial charge in [-0.3, -0.25) is 14.3 Å². The number of hydrogen-bond acceptors (Lipinski definition) is 9. The average molecular weight is 511 g/mol. The zero-order valence-electron chi connectivity index (χ0n) is 21.7. The highest BCUT2D eigenvalue weighted by atomic mass is 16.5. The molecule has 0 saturated heterocycles. The van der Waals surface area contributed by atoms with Crippen molar-refractivity contribution in [3.05, 3.63) is 22.3 Å². The molecule has 1 aromatic rings. The quantitative estimate of drug-likeness (QED) is 0.0801. The first-order valence-corrected chi connectivity index (χ1v) is 12.2. The predicted octanol–water partition coefficient (Wildman–Crippen LogP) is 3.36. The van der Waals surface area contributed by atoms with E-state index in [1.807, 2.05) is 6.20 Å². The van der Waals surface area contributed by atoms with Crippen molar-refractivity contribution >= 4 is 11.9 Å². The number of aryl methyl sites for hydroxylation is 2. The van der Waals surface area contributed by atoms with E-state index >= 15 is 0 Å². The molecule has 0 aliphatic carbocycles. The summed E-state index contributed by atoms with van der Waals surface area (Å²) in [5, 5.41) is 28.3. The summed E-state index contributed by atoms with van der Waals surface area (Å²) in [6, 6.07) is 0. The lowest BCUT2D eigenvalue weighted by atomic mass is 10.2. The number of aliphatic hydroxyl groups is 2. The molecule has 0 unspecified atom stereocenters. The largest absolute Gasteiger partial charge is 0.466 e. The van der Waals surface area contributed by atoms with Crippen LogP contribution < -0.4 is 0 Å². The van der Waals surface area contributed by atoms with E-state index < -0.39 is 0 Å². The van der Waals surface area contributed by atoms with Crippen LogP contribution in [0.1, 0.15) is 77.3 Å². The van der Waals surface area contributed by atoms with E-state index in [1.165, 1.54) is 13.8 Å². The highest BCUT2D eigenvalue weighted by Crippen LogP contribution is 2.03. The van der Waals surface area contributed by atoms with Gasteiger partial charge in [0.1, 0.15) is 0 Å². The van der Waals surface area contributed by atoms with Gasteiger partial charge < -0.3 is 19.7 Å². The number of rotatable bonds is 17. The van der Waals surface area contributed by atoms with Crippen LogP contribution in [0.15, 0.2) is 11.3 Å². The molecule has 204 valence electrons. The van der Waals surface area contributed by atoms with Gasteiger partial charge in [-0.05, 0) is 44.1 Å². The third kappa shape index (κ3) is 28.9. The second-order valence-corrected chi connectivity index (χ2v) is 7.59. The Balaban J connectivity index is 0. The summed E-state index contributed by atoms with van der Waals surface area (Å²) in [5.74, 6) is 1.99. The number of ether oxygens (including phenoxy) is 2. The highest BCUT2D eigenvalue weighted by Gasteiger charge is 2.01. The minimum absolute atomic E-state index is 0.252. The molecule has 12 nitrogen and oxygen atoms in total. The molecular formula is C24H42N6O6. The van der Waals surface area contributed by atoms with Crippen LogP contribution in [0, 0.1) is 12.3 Å². The van der Waals surface area contributed by atoms with Crippen LogP contribution in [0.5, 0.6) is 0 Å². The van der Waals surface area contributed by atoms with Crippen molar-refractivity contribution in [1.82, 2.24) is 15.0 Å². The van der Waals surface area contributed by atoms with Crippen molar-refractivity contribution < 1.29 is 29.3 Å². The van der Waals surface area contributed by atoms with Gasteiger partial charge in [-0.25, -0.2) is 0 Å². The smallest absolute Gasteiger partial charge is 0.302 e. The zero-order valence-corrected chi connectivity index (χ0v) is 21.7. The fourth-order valence-electron chi connectivity index (χ4n) is 2.51. The Hall–Kier alpha value is -3.13. The molecule has 0 atom stereocenters. The molecule has 2 N–H and O–H groups in total. The van der Waals surface area contributed by atoms with Crippen molar-refractivity contribution in [1.29, 1.82) is 0 Å². The number of nitrogens with zero attached hydrogens (tertiary/aromatic N) is 6. The van der Waals surface area contributed by atoms with Gasteiger partial charge in [-0.2, -0.15) is 0 Å². The maximum Gasteiger partial charge on any atom is 0.302 e. The lowest BCUT2D eigenvalue weighted by Crippen LogP contribution is -2.05. The van der Waals surface area contributed by atoms with Gasteiger partial charge in [0.2, 0.25) is 0 Å². The number of unbranched alkanes of at least 4 members (excludes halogenated alkanes) is 5. The maximum atomic E-state index is 10.6. The van der Waals surface area contributed by atoms with E-state index in [2.05, 4.69) is 31.0 Å². The molecule has 1 aromatic heterocycles. The van der Waals surface area contributed by atoms with Crippen LogP contribution in [-0.4, -0.2) is 70.1 Å². The van der Waals surface area contributed by atoms with Crippen molar-refractivity contribution in [2.24, 2.45) is 5.11 Å². The molecule has 1 rings (SSSR count). The van der Waals surface area contributed by atoms with Crippen molar-refractivity contribution in [2.45, 2.75) is 84.6 Å². The van der Waals surface area contributed by atoms with Crippen LogP contribution in [0.4, 0.5) is 0 Å². The fourth-order valence-corrected chi connectivity index (χ4v) is 2.51. The number of esters is 2. The van der Waals surface area contributed by atoms with Gasteiger partial charge in [-0.15, -0.1) is 17.4 Å². The number of carbonyl (C=O) groups excluding carboxylic acids is 2. The summed E-state index contributed by atoms with van der Waals surface area (Å²) in [6.07, 6.45) is 15.9. The Labute approximate surface area is 214 Å². The molecule has 0 radical (unpaired) electrons. The van der Waals surface area contributed by atoms with E-state index in [0.717, 1.165) is 63.5 Å². The first kappa shape index (κ1) is 35.0. The van der Waals surface area contributed by atoms with Crippen molar-refractivity contribution in [2.75, 3.05) is 33.0 Å². The summed E-state index contributed by atoms with van der Waals surface area (Å²) >= 11 is 0. The number of aromatic nitrogens is 3. The number of aliphatic hydroxyl groups excluding tert-OH is 2. The first-order chi connectivity index (χ1) is 17.4. The summed E-state index contributed by atoms with van der Waals surface area (Å²) in [6.45, 7) is 5.12. The van der Waals surface area contributed by atoms with Crippen molar-refractivity contribution in [3.8, 4) is 12.3 Å². The minimum Gasteiger partial charge on any atom is -0.466 e. The van der Waals surface area contributed by atoms with Crippen LogP contribution in [0.3, 0.4) is 0 Å².